The van der Waals surface area contributed by atoms with Crippen molar-refractivity contribution in [2.45, 2.75) is 23.3 Å². The molecule has 0 N–H and O–H groups in total. The van der Waals surface area contributed by atoms with Gasteiger partial charge in [-0.3, -0.25) is 0 Å². The fourth-order valence-corrected chi connectivity index (χ4v) is 4.28. The lowest BCUT2D eigenvalue weighted by atomic mass is 10.2. The highest BCUT2D eigenvalue weighted by atomic mass is 32.2. The molecule has 0 aromatic heterocycles. The van der Waals surface area contributed by atoms with Crippen LogP contribution in [0.25, 0.3) is 0 Å². The van der Waals surface area contributed by atoms with Crippen LogP contribution >= 0.6 is 23.9 Å². The maximum atomic E-state index is 5.40. The van der Waals surface area contributed by atoms with E-state index in [4.69, 9.17) is 4.74 Å². The molecule has 0 unspecified atom stereocenters. The van der Waals surface area contributed by atoms with Gasteiger partial charge in [-0.15, -0.1) is 0 Å². The molecule has 5 heteroatoms. The Morgan fingerprint density at radius 3 is 2.29 bits per heavy atom. The second-order valence-corrected chi connectivity index (χ2v) is 7.98. The Morgan fingerprint density at radius 1 is 0.958 bits per heavy atom. The van der Waals surface area contributed by atoms with Gasteiger partial charge < -0.3 is 4.74 Å². The Balaban J connectivity index is 1.54. The number of benzene rings is 2. The van der Waals surface area contributed by atoms with Crippen molar-refractivity contribution in [1.29, 1.82) is 0 Å². The molecule has 1 aliphatic rings. The van der Waals surface area contributed by atoms with Crippen LogP contribution in [0.4, 0.5) is 0 Å². The average Bonchev–Trinajstić information content (AvgIpc) is 2.64. The molecule has 2 aromatic rings. The highest BCUT2D eigenvalue weighted by Crippen LogP contribution is 2.29. The van der Waals surface area contributed by atoms with Gasteiger partial charge in [0.05, 0.1) is 13.2 Å². The second kappa shape index (κ2) is 9.49. The predicted molar refractivity (Wildman–Crippen MR) is 103 cm³/mol. The fraction of sp³-hybridized carbons (Fsp3) is 0.368. The van der Waals surface area contributed by atoms with E-state index in [2.05, 4.69) is 70.1 Å². The summed E-state index contributed by atoms with van der Waals surface area (Å²) < 4.78 is 10.2. The maximum absolute atomic E-state index is 5.40. The molecule has 3 rings (SSSR count). The second-order valence-electron chi connectivity index (χ2n) is 5.64. The highest BCUT2D eigenvalue weighted by molar-refractivity contribution is 7.97. The van der Waals surface area contributed by atoms with E-state index in [1.54, 1.807) is 0 Å². The minimum Gasteiger partial charge on any atom is -0.379 e. The first-order valence-electron chi connectivity index (χ1n) is 8.41. The standard InChI is InChI=1S/C19H24N2OS2/c1-2-20(16-17-6-4-3-5-7-17)23-18-8-10-19(11-9-18)24-21-12-14-22-15-13-21/h3-11H,2,12-16H2,1H3. The summed E-state index contributed by atoms with van der Waals surface area (Å²) in [6.45, 7) is 7.87. The first kappa shape index (κ1) is 17.8. The first-order valence-corrected chi connectivity index (χ1v) is 9.96. The zero-order valence-electron chi connectivity index (χ0n) is 14.1. The van der Waals surface area contributed by atoms with Crippen LogP contribution in [-0.2, 0) is 11.3 Å². The van der Waals surface area contributed by atoms with Gasteiger partial charge in [-0.25, -0.2) is 8.61 Å². The molecule has 0 spiro atoms. The van der Waals surface area contributed by atoms with Gasteiger partial charge in [-0.05, 0) is 53.7 Å². The van der Waals surface area contributed by atoms with Crippen LogP contribution in [0.1, 0.15) is 12.5 Å². The smallest absolute Gasteiger partial charge is 0.0603 e. The van der Waals surface area contributed by atoms with Crippen molar-refractivity contribution in [2.24, 2.45) is 0 Å². The van der Waals surface area contributed by atoms with Gasteiger partial charge in [0.15, 0.2) is 0 Å². The molecule has 0 bridgehead atoms. The van der Waals surface area contributed by atoms with Crippen LogP contribution in [0.15, 0.2) is 64.4 Å². The Hall–Kier alpha value is -0.980. The van der Waals surface area contributed by atoms with Gasteiger partial charge in [0.2, 0.25) is 0 Å². The quantitative estimate of drug-likeness (QED) is 0.671. The van der Waals surface area contributed by atoms with Crippen LogP contribution < -0.4 is 0 Å². The summed E-state index contributed by atoms with van der Waals surface area (Å²) in [7, 11) is 0. The highest BCUT2D eigenvalue weighted by Gasteiger charge is 2.12. The van der Waals surface area contributed by atoms with E-state index in [-0.39, 0.29) is 0 Å². The summed E-state index contributed by atoms with van der Waals surface area (Å²) in [6, 6.07) is 19.5. The maximum Gasteiger partial charge on any atom is 0.0603 e. The summed E-state index contributed by atoms with van der Waals surface area (Å²) in [5.74, 6) is 0. The molecular formula is C19H24N2OS2. The molecule has 2 aromatic carbocycles. The Morgan fingerprint density at radius 2 is 1.62 bits per heavy atom. The number of hydrogen-bond donors (Lipinski definition) is 0. The number of nitrogens with zero attached hydrogens (tertiary/aromatic N) is 2. The van der Waals surface area contributed by atoms with Crippen molar-refractivity contribution in [1.82, 2.24) is 8.61 Å². The lowest BCUT2D eigenvalue weighted by molar-refractivity contribution is 0.0773. The third-order valence-electron chi connectivity index (χ3n) is 3.82. The molecule has 128 valence electrons. The van der Waals surface area contributed by atoms with E-state index in [1.165, 1.54) is 15.4 Å². The molecule has 1 heterocycles. The Labute approximate surface area is 153 Å². The van der Waals surface area contributed by atoms with Gasteiger partial charge in [0.25, 0.3) is 0 Å². The summed E-state index contributed by atoms with van der Waals surface area (Å²) >= 11 is 3.66. The molecular weight excluding hydrogens is 336 g/mol. The summed E-state index contributed by atoms with van der Waals surface area (Å²) in [6.07, 6.45) is 0. The fourth-order valence-electron chi connectivity index (χ4n) is 2.49. The molecule has 0 saturated carbocycles. The zero-order valence-corrected chi connectivity index (χ0v) is 15.7. The van der Waals surface area contributed by atoms with Crippen molar-refractivity contribution in [3.63, 3.8) is 0 Å². The minimum atomic E-state index is 0.839. The third kappa shape index (κ3) is 5.53. The minimum absolute atomic E-state index is 0.839. The van der Waals surface area contributed by atoms with Crippen LogP contribution in [0.5, 0.6) is 0 Å². The van der Waals surface area contributed by atoms with E-state index in [0.29, 0.717) is 0 Å². The van der Waals surface area contributed by atoms with E-state index >= 15 is 0 Å². The van der Waals surface area contributed by atoms with Gasteiger partial charge >= 0.3 is 0 Å². The van der Waals surface area contributed by atoms with E-state index in [0.717, 1.165) is 39.4 Å². The van der Waals surface area contributed by atoms with Crippen LogP contribution in [0.3, 0.4) is 0 Å². The Bertz CT molecular complexity index is 601. The molecule has 0 radical (unpaired) electrons. The first-order chi connectivity index (χ1) is 11.8. The van der Waals surface area contributed by atoms with E-state index in [1.807, 2.05) is 23.9 Å². The normalized spacial score (nSPS) is 15.8. The molecule has 1 saturated heterocycles. The number of hydrogen-bond acceptors (Lipinski definition) is 5. The molecule has 24 heavy (non-hydrogen) atoms. The Kier molecular flexibility index (Phi) is 7.05. The number of morpholine rings is 1. The van der Waals surface area contributed by atoms with E-state index in [9.17, 15) is 0 Å². The van der Waals surface area contributed by atoms with Gasteiger partial charge in [0, 0.05) is 36.0 Å². The average molecular weight is 361 g/mol. The number of rotatable bonds is 7. The van der Waals surface area contributed by atoms with Gasteiger partial charge in [-0.1, -0.05) is 37.3 Å². The largest absolute Gasteiger partial charge is 0.379 e. The zero-order chi connectivity index (χ0) is 16.6. The predicted octanol–water partition coefficient (Wildman–Crippen LogP) is 4.56. The summed E-state index contributed by atoms with van der Waals surface area (Å²) in [5, 5.41) is 0. The summed E-state index contributed by atoms with van der Waals surface area (Å²) in [5.41, 5.74) is 1.35. The van der Waals surface area contributed by atoms with Crippen molar-refractivity contribution >= 4 is 23.9 Å². The van der Waals surface area contributed by atoms with Crippen molar-refractivity contribution in [3.05, 3.63) is 60.2 Å². The molecule has 0 atom stereocenters. The van der Waals surface area contributed by atoms with Crippen LogP contribution in [0.2, 0.25) is 0 Å². The molecule has 1 aliphatic heterocycles. The molecule has 3 nitrogen and oxygen atoms in total. The molecule has 0 aliphatic carbocycles. The molecule has 0 amide bonds. The lowest BCUT2D eigenvalue weighted by Gasteiger charge is -2.25. The van der Waals surface area contributed by atoms with Gasteiger partial charge in [-0.2, -0.15) is 0 Å². The van der Waals surface area contributed by atoms with Crippen molar-refractivity contribution < 1.29 is 4.74 Å². The van der Waals surface area contributed by atoms with Gasteiger partial charge in [0.1, 0.15) is 0 Å². The van der Waals surface area contributed by atoms with Crippen molar-refractivity contribution in [2.75, 3.05) is 32.8 Å². The van der Waals surface area contributed by atoms with E-state index < -0.39 is 0 Å². The SMILES string of the molecule is CCN(Cc1ccccc1)Sc1ccc(SN2CCOCC2)cc1. The number of ether oxygens (including phenoxy) is 1. The van der Waals surface area contributed by atoms with Crippen molar-refractivity contribution in [3.8, 4) is 0 Å². The third-order valence-corrected chi connectivity index (χ3v) is 6.05. The lowest BCUT2D eigenvalue weighted by Crippen LogP contribution is -2.30. The topological polar surface area (TPSA) is 15.7 Å². The monoisotopic (exact) mass is 360 g/mol. The van der Waals surface area contributed by atoms with Crippen LogP contribution in [0, 0.1) is 0 Å². The summed E-state index contributed by atoms with van der Waals surface area (Å²) in [4.78, 5) is 2.59. The molecule has 1 fully saturated rings. The van der Waals surface area contributed by atoms with Crippen LogP contribution in [-0.4, -0.2) is 41.5 Å².